The second kappa shape index (κ2) is 8.29. The van der Waals surface area contributed by atoms with Crippen molar-refractivity contribution in [1.82, 2.24) is 14.5 Å². The Kier molecular flexibility index (Phi) is 5.75. The number of hydrogen-bond acceptors (Lipinski definition) is 3. The molecule has 0 unspecified atom stereocenters. The Morgan fingerprint density at radius 1 is 1.03 bits per heavy atom. The van der Waals surface area contributed by atoms with E-state index in [1.165, 1.54) is 30.2 Å². The van der Waals surface area contributed by atoms with Gasteiger partial charge in [-0.1, -0.05) is 19.3 Å². The van der Waals surface area contributed by atoms with Gasteiger partial charge in [0.15, 0.2) is 0 Å². The summed E-state index contributed by atoms with van der Waals surface area (Å²) in [5.74, 6) is 0.828. The number of rotatable bonds is 3. The normalized spacial score (nSPS) is 19.1. The maximum Gasteiger partial charge on any atom is 0.255 e. The Bertz CT molecular complexity index is 964. The van der Waals surface area contributed by atoms with Gasteiger partial charge in [0.05, 0.1) is 0 Å². The van der Waals surface area contributed by atoms with E-state index < -0.39 is 0 Å². The number of piperidine rings is 1. The van der Waals surface area contributed by atoms with Crippen LogP contribution in [0.1, 0.15) is 87.4 Å². The summed E-state index contributed by atoms with van der Waals surface area (Å²) in [7, 11) is 0. The van der Waals surface area contributed by atoms with Gasteiger partial charge < -0.3 is 4.90 Å². The van der Waals surface area contributed by atoms with Crippen molar-refractivity contribution in [3.05, 3.63) is 39.3 Å². The van der Waals surface area contributed by atoms with Crippen LogP contribution in [-0.2, 0) is 11.3 Å². The number of amides is 1. The minimum Gasteiger partial charge on any atom is -0.343 e. The number of hydrogen-bond donors (Lipinski definition) is 0. The molecule has 2 aromatic heterocycles. The smallest absolute Gasteiger partial charge is 0.255 e. The van der Waals surface area contributed by atoms with Gasteiger partial charge in [-0.05, 0) is 69.1 Å². The summed E-state index contributed by atoms with van der Waals surface area (Å²) in [4.78, 5) is 32.2. The molecule has 1 aliphatic heterocycles. The van der Waals surface area contributed by atoms with Gasteiger partial charge in [0.25, 0.3) is 5.56 Å². The Balaban J connectivity index is 1.90. The minimum absolute atomic E-state index is 0.139. The Morgan fingerprint density at radius 3 is 2.31 bits per heavy atom. The molecule has 2 fully saturated rings. The van der Waals surface area contributed by atoms with Crippen LogP contribution in [0.25, 0.3) is 11.0 Å². The molecule has 0 atom stereocenters. The molecule has 1 amide bonds. The number of fused-ring (bicyclic) bond motifs is 1. The molecule has 1 saturated carbocycles. The molecule has 4 rings (SSSR count). The van der Waals surface area contributed by atoms with Crippen molar-refractivity contribution >= 4 is 16.9 Å². The van der Waals surface area contributed by atoms with Crippen molar-refractivity contribution in [2.75, 3.05) is 13.1 Å². The third-order valence-electron chi connectivity index (χ3n) is 7.00. The number of carbonyl (C=O) groups excluding carboxylic acids is 1. The second-order valence-electron chi connectivity index (χ2n) is 8.82. The Hall–Kier alpha value is -2.17. The predicted molar refractivity (Wildman–Crippen MR) is 116 cm³/mol. The molecule has 2 aliphatic rings. The molecule has 0 bridgehead atoms. The van der Waals surface area contributed by atoms with Gasteiger partial charge in [0.2, 0.25) is 5.91 Å². The Morgan fingerprint density at radius 2 is 1.69 bits per heavy atom. The predicted octanol–water partition coefficient (Wildman–Crippen LogP) is 4.50. The van der Waals surface area contributed by atoms with E-state index in [2.05, 4.69) is 12.1 Å². The molecule has 0 spiro atoms. The fraction of sp³-hybridized carbons (Fsp3) is 0.625. The first kappa shape index (κ1) is 20.1. The van der Waals surface area contributed by atoms with E-state index in [1.807, 2.05) is 23.3 Å². The lowest BCUT2D eigenvalue weighted by atomic mass is 9.76. The van der Waals surface area contributed by atoms with Gasteiger partial charge in [0, 0.05) is 43.2 Å². The molecular formula is C24H33N3O2. The van der Waals surface area contributed by atoms with Crippen LogP contribution in [-0.4, -0.2) is 33.4 Å². The standard InChI is InChI=1S/C24H33N3O2/c1-4-27-23-20(11-10-16(2)25-23)21(18-8-6-5-7-9-18)22(24(27)29)19-12-14-26(15-13-19)17(3)28/h10-11,18-19H,4-9,12-15H2,1-3H3. The lowest BCUT2D eigenvalue weighted by Crippen LogP contribution is -2.39. The molecule has 1 saturated heterocycles. The van der Waals surface area contributed by atoms with Crippen LogP contribution in [0.2, 0.25) is 0 Å². The maximum absolute atomic E-state index is 13.7. The highest BCUT2D eigenvalue weighted by atomic mass is 16.2. The van der Waals surface area contributed by atoms with Crippen LogP contribution in [0.3, 0.4) is 0 Å². The number of nitrogens with zero attached hydrogens (tertiary/aromatic N) is 3. The summed E-state index contributed by atoms with van der Waals surface area (Å²) in [6, 6.07) is 4.28. The first-order chi connectivity index (χ1) is 14.0. The topological polar surface area (TPSA) is 55.2 Å². The number of aromatic nitrogens is 2. The van der Waals surface area contributed by atoms with Crippen LogP contribution in [0.5, 0.6) is 0 Å². The van der Waals surface area contributed by atoms with Crippen molar-refractivity contribution < 1.29 is 4.79 Å². The summed E-state index contributed by atoms with van der Waals surface area (Å²) in [6.45, 7) is 7.81. The first-order valence-electron chi connectivity index (χ1n) is 11.3. The van der Waals surface area contributed by atoms with Crippen molar-refractivity contribution in [1.29, 1.82) is 0 Å². The van der Waals surface area contributed by atoms with E-state index >= 15 is 0 Å². The SMILES string of the molecule is CCn1c(=O)c(C2CCN(C(C)=O)CC2)c(C2CCCCC2)c2ccc(C)nc21. The van der Waals surface area contributed by atoms with Crippen molar-refractivity contribution in [3.8, 4) is 0 Å². The van der Waals surface area contributed by atoms with E-state index in [4.69, 9.17) is 4.98 Å². The molecule has 2 aromatic rings. The number of aryl methyl sites for hydroxylation is 2. The zero-order valence-electron chi connectivity index (χ0n) is 18.0. The highest BCUT2D eigenvalue weighted by molar-refractivity contribution is 5.82. The first-order valence-corrected chi connectivity index (χ1v) is 11.3. The van der Waals surface area contributed by atoms with Crippen LogP contribution in [0.4, 0.5) is 0 Å². The minimum atomic E-state index is 0.139. The van der Waals surface area contributed by atoms with Crippen LogP contribution in [0.15, 0.2) is 16.9 Å². The summed E-state index contributed by atoms with van der Waals surface area (Å²) >= 11 is 0. The van der Waals surface area contributed by atoms with Gasteiger partial charge in [-0.2, -0.15) is 0 Å². The quantitative estimate of drug-likeness (QED) is 0.769. The molecule has 5 nitrogen and oxygen atoms in total. The molecule has 156 valence electrons. The monoisotopic (exact) mass is 395 g/mol. The second-order valence-corrected chi connectivity index (χ2v) is 8.82. The summed E-state index contributed by atoms with van der Waals surface area (Å²) in [5, 5.41) is 1.17. The van der Waals surface area contributed by atoms with E-state index in [1.54, 1.807) is 6.92 Å². The average Bonchev–Trinajstić information content (AvgIpc) is 2.73. The van der Waals surface area contributed by atoms with Crippen LogP contribution in [0, 0.1) is 6.92 Å². The number of carbonyl (C=O) groups is 1. The molecule has 3 heterocycles. The van der Waals surface area contributed by atoms with Gasteiger partial charge in [-0.3, -0.25) is 14.2 Å². The zero-order chi connectivity index (χ0) is 20.5. The van der Waals surface area contributed by atoms with Crippen molar-refractivity contribution in [2.45, 2.75) is 84.1 Å². The molecule has 0 radical (unpaired) electrons. The largest absolute Gasteiger partial charge is 0.343 e. The van der Waals surface area contributed by atoms with Gasteiger partial charge >= 0.3 is 0 Å². The third kappa shape index (κ3) is 3.72. The molecule has 5 heteroatoms. The van der Waals surface area contributed by atoms with Crippen molar-refractivity contribution in [3.63, 3.8) is 0 Å². The van der Waals surface area contributed by atoms with Gasteiger partial charge in [-0.15, -0.1) is 0 Å². The van der Waals surface area contributed by atoms with E-state index in [9.17, 15) is 9.59 Å². The third-order valence-corrected chi connectivity index (χ3v) is 7.00. The van der Waals surface area contributed by atoms with E-state index in [0.717, 1.165) is 55.7 Å². The Labute approximate surface area is 173 Å². The number of likely N-dealkylation sites (tertiary alicyclic amines) is 1. The van der Waals surface area contributed by atoms with Gasteiger partial charge in [0.1, 0.15) is 5.65 Å². The average molecular weight is 396 g/mol. The van der Waals surface area contributed by atoms with E-state index in [0.29, 0.717) is 12.5 Å². The molecule has 1 aliphatic carbocycles. The molecule has 29 heavy (non-hydrogen) atoms. The lowest BCUT2D eigenvalue weighted by molar-refractivity contribution is -0.129. The highest BCUT2D eigenvalue weighted by Gasteiger charge is 2.31. The van der Waals surface area contributed by atoms with Crippen LogP contribution < -0.4 is 5.56 Å². The molecular weight excluding hydrogens is 362 g/mol. The maximum atomic E-state index is 13.7. The molecule has 0 N–H and O–H groups in total. The summed E-state index contributed by atoms with van der Waals surface area (Å²) < 4.78 is 1.88. The lowest BCUT2D eigenvalue weighted by Gasteiger charge is -2.34. The number of pyridine rings is 2. The zero-order valence-corrected chi connectivity index (χ0v) is 18.0. The van der Waals surface area contributed by atoms with Crippen LogP contribution >= 0.6 is 0 Å². The highest BCUT2D eigenvalue weighted by Crippen LogP contribution is 2.41. The van der Waals surface area contributed by atoms with Gasteiger partial charge in [-0.25, -0.2) is 4.98 Å². The summed E-state index contributed by atoms with van der Waals surface area (Å²) in [5.41, 5.74) is 4.27. The van der Waals surface area contributed by atoms with E-state index in [-0.39, 0.29) is 17.4 Å². The van der Waals surface area contributed by atoms with Crippen molar-refractivity contribution in [2.24, 2.45) is 0 Å². The summed E-state index contributed by atoms with van der Waals surface area (Å²) in [6.07, 6.45) is 7.86. The fourth-order valence-corrected chi connectivity index (χ4v) is 5.46. The fourth-order valence-electron chi connectivity index (χ4n) is 5.46. The molecule has 0 aromatic carbocycles.